The third-order valence-corrected chi connectivity index (χ3v) is 5.46. The lowest BCUT2D eigenvalue weighted by Crippen LogP contribution is -2.58. The Balaban J connectivity index is 1.51. The Morgan fingerprint density at radius 3 is 2.83 bits per heavy atom. The van der Waals surface area contributed by atoms with Crippen LogP contribution < -0.4 is 27.0 Å². The first-order valence-corrected chi connectivity index (χ1v) is 10.4. The molecule has 1 aromatic carbocycles. The molecule has 7 heteroatoms. The largest absolute Gasteiger partial charge is 0.403 e. The van der Waals surface area contributed by atoms with E-state index in [1.54, 1.807) is 19.5 Å². The fourth-order valence-electron chi connectivity index (χ4n) is 3.80. The van der Waals surface area contributed by atoms with Crippen LogP contribution in [0.4, 0.5) is 5.69 Å². The van der Waals surface area contributed by atoms with Crippen LogP contribution in [0, 0.1) is 6.92 Å². The van der Waals surface area contributed by atoms with Gasteiger partial charge in [0.2, 0.25) is 0 Å². The molecule has 0 radical (unpaired) electrons. The molecule has 158 valence electrons. The number of hydrogen-bond acceptors (Lipinski definition) is 7. The van der Waals surface area contributed by atoms with Gasteiger partial charge in [-0.1, -0.05) is 6.07 Å². The standard InChI is InChI=1S/C22H34N6O/c1-16-9-19(28-14-18(15-28)27-17(10-23)11-25-2)6-7-21(16)22(24)13-26-12-20-5-3-4-8-29-20/h6-7,9-11,13,18,20,26-27H,3-5,8,12,14-15,23-24H2,1-2H3/b17-10+,22-13-,25-11?. The molecule has 0 bridgehead atoms. The van der Waals surface area contributed by atoms with Gasteiger partial charge in [0.15, 0.2) is 0 Å². The monoisotopic (exact) mass is 398 g/mol. The highest BCUT2D eigenvalue weighted by Gasteiger charge is 2.27. The molecule has 29 heavy (non-hydrogen) atoms. The molecule has 2 aliphatic rings. The average molecular weight is 399 g/mol. The van der Waals surface area contributed by atoms with E-state index >= 15 is 0 Å². The maximum atomic E-state index is 6.31. The van der Waals surface area contributed by atoms with Crippen molar-refractivity contribution in [2.45, 2.75) is 38.3 Å². The lowest BCUT2D eigenvalue weighted by atomic mass is 10.0. The van der Waals surface area contributed by atoms with Crippen molar-refractivity contribution in [3.05, 3.63) is 47.4 Å². The van der Waals surface area contributed by atoms with Crippen molar-refractivity contribution in [1.29, 1.82) is 0 Å². The minimum absolute atomic E-state index is 0.294. The Morgan fingerprint density at radius 1 is 1.34 bits per heavy atom. The first-order chi connectivity index (χ1) is 14.1. The number of nitrogens with two attached hydrogens (primary N) is 2. The fourth-order valence-corrected chi connectivity index (χ4v) is 3.80. The molecule has 3 rings (SSSR count). The van der Waals surface area contributed by atoms with Gasteiger partial charge >= 0.3 is 0 Å². The Morgan fingerprint density at radius 2 is 2.17 bits per heavy atom. The number of aliphatic imine (C=N–C) groups is 1. The summed E-state index contributed by atoms with van der Waals surface area (Å²) in [4.78, 5) is 6.34. The van der Waals surface area contributed by atoms with Gasteiger partial charge in [0.25, 0.3) is 0 Å². The molecule has 1 atom stereocenters. The van der Waals surface area contributed by atoms with Gasteiger partial charge in [0.05, 0.1) is 23.5 Å². The Hall–Kier alpha value is -2.67. The average Bonchev–Trinajstić information content (AvgIpc) is 2.70. The second-order valence-electron chi connectivity index (χ2n) is 7.75. The van der Waals surface area contributed by atoms with Crippen LogP contribution in [-0.2, 0) is 4.74 Å². The molecule has 6 N–H and O–H groups in total. The van der Waals surface area contributed by atoms with Gasteiger partial charge in [-0.25, -0.2) is 0 Å². The number of anilines is 1. The highest BCUT2D eigenvalue weighted by atomic mass is 16.5. The zero-order valence-electron chi connectivity index (χ0n) is 17.5. The number of allylic oxidation sites excluding steroid dienone is 1. The predicted molar refractivity (Wildman–Crippen MR) is 121 cm³/mol. The number of ether oxygens (including phenoxy) is 1. The normalized spacial score (nSPS) is 21.3. The van der Waals surface area contributed by atoms with Gasteiger partial charge in [-0.3, -0.25) is 4.99 Å². The minimum Gasteiger partial charge on any atom is -0.403 e. The molecular weight excluding hydrogens is 364 g/mol. The summed E-state index contributed by atoms with van der Waals surface area (Å²) in [6.45, 7) is 5.65. The van der Waals surface area contributed by atoms with E-state index in [4.69, 9.17) is 16.2 Å². The Bertz CT molecular complexity index is 761. The van der Waals surface area contributed by atoms with Crippen molar-refractivity contribution in [2.24, 2.45) is 16.5 Å². The van der Waals surface area contributed by atoms with Crippen molar-refractivity contribution >= 4 is 17.6 Å². The van der Waals surface area contributed by atoms with Gasteiger partial charge in [-0.2, -0.15) is 0 Å². The van der Waals surface area contributed by atoms with Gasteiger partial charge in [0, 0.05) is 63.2 Å². The van der Waals surface area contributed by atoms with Crippen molar-refractivity contribution in [3.8, 4) is 0 Å². The maximum absolute atomic E-state index is 6.31. The van der Waals surface area contributed by atoms with Gasteiger partial charge < -0.3 is 31.7 Å². The number of aryl methyl sites for hydroxylation is 1. The maximum Gasteiger partial charge on any atom is 0.0747 e. The predicted octanol–water partition coefficient (Wildman–Crippen LogP) is 1.69. The molecule has 2 fully saturated rings. The molecule has 1 aromatic rings. The highest BCUT2D eigenvalue weighted by molar-refractivity contribution is 5.77. The minimum atomic E-state index is 0.294. The van der Waals surface area contributed by atoms with Crippen molar-refractivity contribution in [3.63, 3.8) is 0 Å². The summed E-state index contributed by atoms with van der Waals surface area (Å²) in [7, 11) is 1.74. The van der Waals surface area contributed by atoms with Gasteiger partial charge in [-0.15, -0.1) is 0 Å². The third kappa shape index (κ3) is 5.67. The van der Waals surface area contributed by atoms with Crippen LogP contribution in [0.3, 0.4) is 0 Å². The number of hydrogen-bond donors (Lipinski definition) is 4. The summed E-state index contributed by atoms with van der Waals surface area (Å²) >= 11 is 0. The van der Waals surface area contributed by atoms with Crippen molar-refractivity contribution < 1.29 is 4.74 Å². The molecule has 0 aliphatic carbocycles. The van der Waals surface area contributed by atoms with E-state index in [2.05, 4.69) is 45.6 Å². The van der Waals surface area contributed by atoms with E-state index in [1.807, 2.05) is 6.20 Å². The molecule has 2 heterocycles. The molecule has 2 aliphatic heterocycles. The fraction of sp³-hybridized carbons (Fsp3) is 0.500. The second kappa shape index (κ2) is 10.2. The first kappa shape index (κ1) is 21.0. The number of benzene rings is 1. The van der Waals surface area contributed by atoms with E-state index < -0.39 is 0 Å². The first-order valence-electron chi connectivity index (χ1n) is 10.4. The SMILES string of the molecule is CN=C/C(=C\N)NC1CN(c2ccc(/C(N)=C/NCC3CCCCO3)c(C)c2)C1. The zero-order chi connectivity index (χ0) is 20.6. The number of nitrogens with one attached hydrogen (secondary N) is 2. The quantitative estimate of drug-likeness (QED) is 0.497. The van der Waals surface area contributed by atoms with Crippen LogP contribution in [0.2, 0.25) is 0 Å². The summed E-state index contributed by atoms with van der Waals surface area (Å²) < 4.78 is 5.74. The van der Waals surface area contributed by atoms with E-state index in [-0.39, 0.29) is 0 Å². The molecule has 7 nitrogen and oxygen atoms in total. The van der Waals surface area contributed by atoms with Gasteiger partial charge in [0.1, 0.15) is 0 Å². The number of nitrogens with zero attached hydrogens (tertiary/aromatic N) is 2. The molecule has 0 aromatic heterocycles. The zero-order valence-corrected chi connectivity index (χ0v) is 17.5. The topological polar surface area (TPSA) is 101 Å². The molecule has 0 saturated carbocycles. The summed E-state index contributed by atoms with van der Waals surface area (Å²) in [6.07, 6.45) is 9.03. The highest BCUT2D eigenvalue weighted by Crippen LogP contribution is 2.26. The Labute approximate surface area is 173 Å². The molecule has 2 saturated heterocycles. The molecule has 0 spiro atoms. The van der Waals surface area contributed by atoms with Crippen molar-refractivity contribution in [2.75, 3.05) is 38.2 Å². The van der Waals surface area contributed by atoms with E-state index in [0.29, 0.717) is 12.1 Å². The molecule has 0 amide bonds. The van der Waals surface area contributed by atoms with Gasteiger partial charge in [-0.05, 0) is 43.9 Å². The molecule has 1 unspecified atom stereocenters. The van der Waals surface area contributed by atoms with E-state index in [0.717, 1.165) is 49.6 Å². The summed E-state index contributed by atoms with van der Waals surface area (Å²) in [5.74, 6) is 0. The van der Waals surface area contributed by atoms with Crippen LogP contribution in [-0.4, -0.2) is 51.6 Å². The summed E-state index contributed by atoms with van der Waals surface area (Å²) in [6, 6.07) is 6.81. The van der Waals surface area contributed by atoms with Crippen LogP contribution in [0.1, 0.15) is 30.4 Å². The van der Waals surface area contributed by atoms with Crippen LogP contribution in [0.5, 0.6) is 0 Å². The van der Waals surface area contributed by atoms with E-state index in [9.17, 15) is 0 Å². The Kier molecular flexibility index (Phi) is 7.41. The third-order valence-electron chi connectivity index (χ3n) is 5.46. The van der Waals surface area contributed by atoms with Crippen LogP contribution in [0.15, 0.2) is 41.3 Å². The summed E-state index contributed by atoms with van der Waals surface area (Å²) in [5, 5.41) is 6.72. The molecular formula is C22H34N6O. The smallest absolute Gasteiger partial charge is 0.0747 e. The van der Waals surface area contributed by atoms with E-state index in [1.165, 1.54) is 24.1 Å². The second-order valence-corrected chi connectivity index (χ2v) is 7.75. The van der Waals surface area contributed by atoms with Crippen molar-refractivity contribution in [1.82, 2.24) is 10.6 Å². The lowest BCUT2D eigenvalue weighted by molar-refractivity contribution is 0.0188. The van der Waals surface area contributed by atoms with Crippen LogP contribution >= 0.6 is 0 Å². The number of rotatable bonds is 8. The van der Waals surface area contributed by atoms with Crippen LogP contribution in [0.25, 0.3) is 5.70 Å². The lowest BCUT2D eigenvalue weighted by Gasteiger charge is -2.42. The summed E-state index contributed by atoms with van der Waals surface area (Å²) in [5.41, 5.74) is 17.0.